The van der Waals surface area contributed by atoms with Gasteiger partial charge >= 0.3 is 5.97 Å². The molecule has 4 aromatic rings. The summed E-state index contributed by atoms with van der Waals surface area (Å²) in [5.41, 5.74) is 3.96. The van der Waals surface area contributed by atoms with Crippen LogP contribution in [-0.4, -0.2) is 33.8 Å². The third kappa shape index (κ3) is 3.41. The van der Waals surface area contributed by atoms with E-state index in [0.717, 1.165) is 5.56 Å². The summed E-state index contributed by atoms with van der Waals surface area (Å²) in [6.45, 7) is 1.84. The number of rotatable bonds is 4. The summed E-state index contributed by atoms with van der Waals surface area (Å²) in [6, 6.07) is 18.1. The van der Waals surface area contributed by atoms with E-state index < -0.39 is 5.97 Å². The summed E-state index contributed by atoms with van der Waals surface area (Å²) in [7, 11) is 3.10. The van der Waals surface area contributed by atoms with Gasteiger partial charge in [0, 0.05) is 12.6 Å². The molecule has 0 bridgehead atoms. The number of carbonyl (C=O) groups is 2. The molecule has 0 saturated carbocycles. The van der Waals surface area contributed by atoms with E-state index in [1.807, 2.05) is 37.3 Å². The number of carbonyl (C=O) groups excluding carboxylic acids is 2. The highest BCUT2D eigenvalue weighted by Gasteiger charge is 2.21. The van der Waals surface area contributed by atoms with Crippen LogP contribution < -0.4 is 5.32 Å². The minimum atomic E-state index is -0.520. The molecule has 1 amide bonds. The Morgan fingerprint density at radius 1 is 1.00 bits per heavy atom. The monoisotopic (exact) mass is 400 g/mol. The van der Waals surface area contributed by atoms with Gasteiger partial charge in [0.05, 0.1) is 40.7 Å². The Balaban J connectivity index is 1.84. The van der Waals surface area contributed by atoms with Crippen molar-refractivity contribution in [2.45, 2.75) is 6.92 Å². The standard InChI is InChI=1S/C23H20N4O3/c1-14-20-17(22(28)25-18-12-8-7-11-16(18)23(29)30-3)13-19(15-9-5-4-6-10-15)24-21(20)27(2)26-14/h4-13H,1-3H3,(H,25,28). The second-order valence-electron chi connectivity index (χ2n) is 6.82. The van der Waals surface area contributed by atoms with Gasteiger partial charge in [-0.25, -0.2) is 9.78 Å². The molecule has 0 unspecified atom stereocenters. The van der Waals surface area contributed by atoms with E-state index >= 15 is 0 Å². The lowest BCUT2D eigenvalue weighted by molar-refractivity contribution is 0.0602. The van der Waals surface area contributed by atoms with Crippen molar-refractivity contribution >= 4 is 28.6 Å². The minimum absolute atomic E-state index is 0.282. The van der Waals surface area contributed by atoms with Gasteiger partial charge in [-0.2, -0.15) is 5.10 Å². The first-order chi connectivity index (χ1) is 14.5. The van der Waals surface area contributed by atoms with Gasteiger partial charge < -0.3 is 10.1 Å². The van der Waals surface area contributed by atoms with E-state index in [-0.39, 0.29) is 11.5 Å². The number of ether oxygens (including phenoxy) is 1. The second kappa shape index (κ2) is 7.79. The van der Waals surface area contributed by atoms with Crippen LogP contribution in [0.3, 0.4) is 0 Å². The topological polar surface area (TPSA) is 86.1 Å². The first kappa shape index (κ1) is 19.3. The Hall–Kier alpha value is -4.00. The lowest BCUT2D eigenvalue weighted by Gasteiger charge is -2.12. The average Bonchev–Trinajstić information content (AvgIpc) is 3.07. The van der Waals surface area contributed by atoms with Crippen LogP contribution in [0.15, 0.2) is 60.7 Å². The van der Waals surface area contributed by atoms with Crippen molar-refractivity contribution in [1.82, 2.24) is 14.8 Å². The molecule has 0 fully saturated rings. The SMILES string of the molecule is COC(=O)c1ccccc1NC(=O)c1cc(-c2ccccc2)nc2c1c(C)nn2C. The van der Waals surface area contributed by atoms with Crippen LogP contribution in [-0.2, 0) is 11.8 Å². The summed E-state index contributed by atoms with van der Waals surface area (Å²) < 4.78 is 6.48. The number of hydrogen-bond acceptors (Lipinski definition) is 5. The highest BCUT2D eigenvalue weighted by Crippen LogP contribution is 2.28. The number of methoxy groups -OCH3 is 1. The fourth-order valence-corrected chi connectivity index (χ4v) is 3.45. The molecule has 0 atom stereocenters. The number of aromatic nitrogens is 3. The Morgan fingerprint density at radius 3 is 2.43 bits per heavy atom. The number of para-hydroxylation sites is 1. The van der Waals surface area contributed by atoms with Crippen molar-refractivity contribution in [2.24, 2.45) is 7.05 Å². The molecular weight excluding hydrogens is 380 g/mol. The Kier molecular flexibility index (Phi) is 5.02. The van der Waals surface area contributed by atoms with Crippen LogP contribution in [0.25, 0.3) is 22.3 Å². The highest BCUT2D eigenvalue weighted by atomic mass is 16.5. The highest BCUT2D eigenvalue weighted by molar-refractivity contribution is 6.14. The van der Waals surface area contributed by atoms with Gasteiger partial charge in [0.1, 0.15) is 0 Å². The Bertz CT molecular complexity index is 1260. The van der Waals surface area contributed by atoms with Gasteiger partial charge in [-0.3, -0.25) is 9.48 Å². The molecule has 0 radical (unpaired) electrons. The van der Waals surface area contributed by atoms with Crippen LogP contribution in [0, 0.1) is 6.92 Å². The average molecular weight is 400 g/mol. The molecular formula is C23H20N4O3. The van der Waals surface area contributed by atoms with Gasteiger partial charge in [0.25, 0.3) is 5.91 Å². The summed E-state index contributed by atoms with van der Waals surface area (Å²) >= 11 is 0. The zero-order valence-corrected chi connectivity index (χ0v) is 16.8. The molecule has 0 aliphatic carbocycles. The zero-order valence-electron chi connectivity index (χ0n) is 16.8. The van der Waals surface area contributed by atoms with Crippen LogP contribution >= 0.6 is 0 Å². The zero-order chi connectivity index (χ0) is 21.3. The maximum absolute atomic E-state index is 13.3. The van der Waals surface area contributed by atoms with Crippen LogP contribution in [0.5, 0.6) is 0 Å². The summed E-state index contributed by atoms with van der Waals surface area (Å²) in [6.07, 6.45) is 0. The van der Waals surface area contributed by atoms with Gasteiger partial charge in [0.2, 0.25) is 0 Å². The molecule has 7 nitrogen and oxygen atoms in total. The number of nitrogens with zero attached hydrogens (tertiary/aromatic N) is 3. The molecule has 2 aromatic heterocycles. The number of hydrogen-bond donors (Lipinski definition) is 1. The van der Waals surface area contributed by atoms with E-state index in [0.29, 0.717) is 33.7 Å². The number of amides is 1. The second-order valence-corrected chi connectivity index (χ2v) is 6.82. The van der Waals surface area contributed by atoms with Crippen LogP contribution in [0.2, 0.25) is 0 Å². The molecule has 4 rings (SSSR count). The third-order valence-electron chi connectivity index (χ3n) is 4.86. The molecule has 7 heteroatoms. The van der Waals surface area contributed by atoms with Crippen molar-refractivity contribution in [3.8, 4) is 11.3 Å². The summed E-state index contributed by atoms with van der Waals surface area (Å²) in [5, 5.41) is 7.95. The normalized spacial score (nSPS) is 10.8. The molecule has 1 N–H and O–H groups in total. The molecule has 2 heterocycles. The smallest absolute Gasteiger partial charge is 0.339 e. The maximum Gasteiger partial charge on any atom is 0.339 e. The van der Waals surface area contributed by atoms with Gasteiger partial charge in [0.15, 0.2) is 5.65 Å². The first-order valence-corrected chi connectivity index (χ1v) is 9.38. The molecule has 0 saturated heterocycles. The third-order valence-corrected chi connectivity index (χ3v) is 4.86. The summed E-state index contributed by atoms with van der Waals surface area (Å²) in [4.78, 5) is 30.1. The number of benzene rings is 2. The molecule has 30 heavy (non-hydrogen) atoms. The van der Waals surface area contributed by atoms with Crippen LogP contribution in [0.4, 0.5) is 5.69 Å². The first-order valence-electron chi connectivity index (χ1n) is 9.38. The van der Waals surface area contributed by atoms with Crippen molar-refractivity contribution < 1.29 is 14.3 Å². The van der Waals surface area contributed by atoms with Gasteiger partial charge in [-0.1, -0.05) is 42.5 Å². The molecule has 2 aromatic carbocycles. The van der Waals surface area contributed by atoms with E-state index in [1.54, 1.807) is 42.1 Å². The predicted molar refractivity (Wildman–Crippen MR) is 114 cm³/mol. The molecule has 0 aliphatic heterocycles. The number of pyridine rings is 1. The van der Waals surface area contributed by atoms with E-state index in [1.165, 1.54) is 7.11 Å². The van der Waals surface area contributed by atoms with Gasteiger partial charge in [-0.15, -0.1) is 0 Å². The largest absolute Gasteiger partial charge is 0.465 e. The van der Waals surface area contributed by atoms with Crippen LogP contribution in [0.1, 0.15) is 26.4 Å². The number of nitrogens with one attached hydrogen (secondary N) is 1. The van der Waals surface area contributed by atoms with Crippen molar-refractivity contribution in [3.63, 3.8) is 0 Å². The fraction of sp³-hybridized carbons (Fsp3) is 0.130. The maximum atomic E-state index is 13.3. The lowest BCUT2D eigenvalue weighted by Crippen LogP contribution is -2.16. The van der Waals surface area contributed by atoms with Crippen molar-refractivity contribution in [2.75, 3.05) is 12.4 Å². The predicted octanol–water partition coefficient (Wildman–Crippen LogP) is 3.98. The number of fused-ring (bicyclic) bond motifs is 1. The number of anilines is 1. The lowest BCUT2D eigenvalue weighted by atomic mass is 10.0. The Morgan fingerprint density at radius 2 is 1.70 bits per heavy atom. The fourth-order valence-electron chi connectivity index (χ4n) is 3.45. The Labute approximate surface area is 173 Å². The molecule has 0 aliphatic rings. The quantitative estimate of drug-likeness (QED) is 0.524. The van der Waals surface area contributed by atoms with E-state index in [4.69, 9.17) is 9.72 Å². The number of aryl methyl sites for hydroxylation is 2. The molecule has 150 valence electrons. The van der Waals surface area contributed by atoms with Crippen molar-refractivity contribution in [3.05, 3.63) is 77.5 Å². The van der Waals surface area contributed by atoms with Crippen molar-refractivity contribution in [1.29, 1.82) is 0 Å². The van der Waals surface area contributed by atoms with E-state index in [2.05, 4.69) is 10.4 Å². The number of esters is 1. The summed E-state index contributed by atoms with van der Waals surface area (Å²) in [5.74, 6) is -0.875. The molecule has 0 spiro atoms. The van der Waals surface area contributed by atoms with E-state index in [9.17, 15) is 9.59 Å². The minimum Gasteiger partial charge on any atom is -0.465 e. The van der Waals surface area contributed by atoms with Gasteiger partial charge in [-0.05, 0) is 25.1 Å².